The molecule has 0 aliphatic carbocycles. The first-order chi connectivity index (χ1) is 6.72. The number of carbonyl (C=O) groups excluding carboxylic acids is 1. The summed E-state index contributed by atoms with van der Waals surface area (Å²) in [5.74, 6) is 0. The molecule has 2 unspecified atom stereocenters. The van der Waals surface area contributed by atoms with Crippen LogP contribution in [0.15, 0.2) is 0 Å². The lowest BCUT2D eigenvalue weighted by atomic mass is 10.1. The third kappa shape index (κ3) is 3.96. The first-order valence-corrected chi connectivity index (χ1v) is 5.50. The molecule has 2 amide bonds. The monoisotopic (exact) mass is 199 g/mol. The maximum absolute atomic E-state index is 11.4. The number of urea groups is 1. The Morgan fingerprint density at radius 1 is 1.64 bits per heavy atom. The Kier molecular flexibility index (Phi) is 4.73. The van der Waals surface area contributed by atoms with E-state index < -0.39 is 0 Å². The lowest BCUT2D eigenvalue weighted by molar-refractivity contribution is 0.230. The van der Waals surface area contributed by atoms with Crippen molar-refractivity contribution in [2.45, 2.75) is 45.2 Å². The molecular formula is C10H21N3O. The van der Waals surface area contributed by atoms with E-state index in [4.69, 9.17) is 0 Å². The number of piperidine rings is 1. The summed E-state index contributed by atoms with van der Waals surface area (Å²) in [6, 6.07) is 0.521. The zero-order chi connectivity index (χ0) is 10.4. The van der Waals surface area contributed by atoms with Crippen molar-refractivity contribution in [2.24, 2.45) is 0 Å². The molecule has 0 aromatic carbocycles. The maximum atomic E-state index is 11.4. The minimum atomic E-state index is -0.0342. The van der Waals surface area contributed by atoms with Crippen LogP contribution in [0.25, 0.3) is 0 Å². The van der Waals surface area contributed by atoms with Gasteiger partial charge in [0.1, 0.15) is 0 Å². The van der Waals surface area contributed by atoms with E-state index >= 15 is 0 Å². The molecule has 1 saturated heterocycles. The molecule has 0 aromatic heterocycles. The fraction of sp³-hybridized carbons (Fsp3) is 0.900. The van der Waals surface area contributed by atoms with Gasteiger partial charge in [0.25, 0.3) is 0 Å². The highest BCUT2D eigenvalue weighted by Gasteiger charge is 2.15. The van der Waals surface area contributed by atoms with Crippen LogP contribution in [0.1, 0.15) is 33.1 Å². The van der Waals surface area contributed by atoms with Gasteiger partial charge in [0.15, 0.2) is 0 Å². The van der Waals surface area contributed by atoms with E-state index in [1.807, 2.05) is 6.92 Å². The second kappa shape index (κ2) is 5.86. The lowest BCUT2D eigenvalue weighted by Crippen LogP contribution is -2.50. The van der Waals surface area contributed by atoms with Gasteiger partial charge in [-0.15, -0.1) is 0 Å². The maximum Gasteiger partial charge on any atom is 0.315 e. The molecule has 0 bridgehead atoms. The number of hydrogen-bond donors (Lipinski definition) is 3. The molecule has 4 heteroatoms. The molecule has 4 nitrogen and oxygen atoms in total. The molecule has 1 aliphatic rings. The van der Waals surface area contributed by atoms with Crippen molar-refractivity contribution in [3.63, 3.8) is 0 Å². The summed E-state index contributed by atoms with van der Waals surface area (Å²) < 4.78 is 0. The highest BCUT2D eigenvalue weighted by Crippen LogP contribution is 2.00. The first kappa shape index (κ1) is 11.3. The van der Waals surface area contributed by atoms with Crippen molar-refractivity contribution >= 4 is 6.03 Å². The topological polar surface area (TPSA) is 53.2 Å². The molecule has 1 rings (SSSR count). The summed E-state index contributed by atoms with van der Waals surface area (Å²) in [5, 5.41) is 9.14. The molecule has 2 atom stereocenters. The van der Waals surface area contributed by atoms with Gasteiger partial charge in [0.05, 0.1) is 0 Å². The largest absolute Gasteiger partial charge is 0.336 e. The van der Waals surface area contributed by atoms with Crippen LogP contribution < -0.4 is 16.0 Å². The second-order valence-electron chi connectivity index (χ2n) is 3.97. The van der Waals surface area contributed by atoms with E-state index in [1.54, 1.807) is 0 Å². The fourth-order valence-electron chi connectivity index (χ4n) is 1.53. The Morgan fingerprint density at radius 2 is 2.43 bits per heavy atom. The molecule has 1 fully saturated rings. The normalized spacial score (nSPS) is 24.0. The summed E-state index contributed by atoms with van der Waals surface area (Å²) in [7, 11) is 0. The second-order valence-corrected chi connectivity index (χ2v) is 3.97. The predicted octanol–water partition coefficient (Wildman–Crippen LogP) is 0.836. The summed E-state index contributed by atoms with van der Waals surface area (Å²) >= 11 is 0. The summed E-state index contributed by atoms with van der Waals surface area (Å²) in [4.78, 5) is 11.4. The Hall–Kier alpha value is -0.770. The standard InChI is InChI=1S/C10H21N3O/c1-3-8(2)12-10(14)13-9-5-4-6-11-7-9/h8-9,11H,3-7H2,1-2H3,(H2,12,13,14). The average Bonchev–Trinajstić information content (AvgIpc) is 2.19. The Balaban J connectivity index is 2.18. The molecule has 0 saturated carbocycles. The summed E-state index contributed by atoms with van der Waals surface area (Å²) in [6.45, 7) is 6.05. The molecule has 82 valence electrons. The van der Waals surface area contributed by atoms with Crippen molar-refractivity contribution in [3.8, 4) is 0 Å². The first-order valence-electron chi connectivity index (χ1n) is 5.50. The zero-order valence-corrected chi connectivity index (χ0v) is 9.10. The van der Waals surface area contributed by atoms with Gasteiger partial charge in [-0.25, -0.2) is 4.79 Å². The van der Waals surface area contributed by atoms with Crippen LogP contribution in [0, 0.1) is 0 Å². The quantitative estimate of drug-likeness (QED) is 0.631. The third-order valence-electron chi connectivity index (χ3n) is 2.62. The SMILES string of the molecule is CCC(C)NC(=O)NC1CCCNC1. The average molecular weight is 199 g/mol. The predicted molar refractivity (Wildman–Crippen MR) is 57.3 cm³/mol. The number of hydrogen-bond acceptors (Lipinski definition) is 2. The fourth-order valence-corrected chi connectivity index (χ4v) is 1.53. The molecule has 1 heterocycles. The van der Waals surface area contributed by atoms with E-state index in [9.17, 15) is 4.79 Å². The van der Waals surface area contributed by atoms with Gasteiger partial charge in [-0.2, -0.15) is 0 Å². The Bertz CT molecular complexity index is 178. The molecule has 14 heavy (non-hydrogen) atoms. The van der Waals surface area contributed by atoms with Crippen LogP contribution in [-0.4, -0.2) is 31.2 Å². The highest BCUT2D eigenvalue weighted by molar-refractivity contribution is 5.74. The number of carbonyl (C=O) groups is 1. The van der Waals surface area contributed by atoms with E-state index in [2.05, 4.69) is 22.9 Å². The van der Waals surface area contributed by atoms with Gasteiger partial charge in [-0.05, 0) is 32.7 Å². The van der Waals surface area contributed by atoms with E-state index in [1.165, 1.54) is 0 Å². The molecular weight excluding hydrogens is 178 g/mol. The van der Waals surface area contributed by atoms with Crippen LogP contribution >= 0.6 is 0 Å². The summed E-state index contributed by atoms with van der Waals surface area (Å²) in [6.07, 6.45) is 3.20. The summed E-state index contributed by atoms with van der Waals surface area (Å²) in [5.41, 5.74) is 0. The van der Waals surface area contributed by atoms with Crippen LogP contribution in [-0.2, 0) is 0 Å². The van der Waals surface area contributed by atoms with Crippen molar-refractivity contribution < 1.29 is 4.79 Å². The van der Waals surface area contributed by atoms with Crippen LogP contribution in [0.3, 0.4) is 0 Å². The molecule has 3 N–H and O–H groups in total. The third-order valence-corrected chi connectivity index (χ3v) is 2.62. The van der Waals surface area contributed by atoms with Gasteiger partial charge in [-0.3, -0.25) is 0 Å². The lowest BCUT2D eigenvalue weighted by Gasteiger charge is -2.24. The molecule has 0 aromatic rings. The minimum Gasteiger partial charge on any atom is -0.336 e. The van der Waals surface area contributed by atoms with Crippen LogP contribution in [0.2, 0.25) is 0 Å². The van der Waals surface area contributed by atoms with Gasteiger partial charge in [0.2, 0.25) is 0 Å². The Morgan fingerprint density at radius 3 is 3.00 bits per heavy atom. The van der Waals surface area contributed by atoms with Gasteiger partial charge < -0.3 is 16.0 Å². The van der Waals surface area contributed by atoms with Crippen molar-refractivity contribution in [1.82, 2.24) is 16.0 Å². The van der Waals surface area contributed by atoms with E-state index in [-0.39, 0.29) is 12.1 Å². The molecule has 1 aliphatic heterocycles. The van der Waals surface area contributed by atoms with Gasteiger partial charge in [-0.1, -0.05) is 6.92 Å². The Labute approximate surface area is 85.8 Å². The van der Waals surface area contributed by atoms with E-state index in [0.29, 0.717) is 6.04 Å². The smallest absolute Gasteiger partial charge is 0.315 e. The van der Waals surface area contributed by atoms with E-state index in [0.717, 1.165) is 32.4 Å². The highest BCUT2D eigenvalue weighted by atomic mass is 16.2. The van der Waals surface area contributed by atoms with Crippen molar-refractivity contribution in [1.29, 1.82) is 0 Å². The molecule has 0 radical (unpaired) electrons. The number of rotatable bonds is 3. The molecule has 0 spiro atoms. The van der Waals surface area contributed by atoms with Crippen LogP contribution in [0.5, 0.6) is 0 Å². The van der Waals surface area contributed by atoms with Gasteiger partial charge >= 0.3 is 6.03 Å². The number of amides is 2. The minimum absolute atomic E-state index is 0.0342. The zero-order valence-electron chi connectivity index (χ0n) is 9.10. The van der Waals surface area contributed by atoms with Gasteiger partial charge in [0, 0.05) is 18.6 Å². The number of nitrogens with one attached hydrogen (secondary N) is 3. The van der Waals surface area contributed by atoms with Crippen LogP contribution in [0.4, 0.5) is 4.79 Å². The van der Waals surface area contributed by atoms with Crippen molar-refractivity contribution in [3.05, 3.63) is 0 Å². The van der Waals surface area contributed by atoms with Crippen molar-refractivity contribution in [2.75, 3.05) is 13.1 Å².